The third kappa shape index (κ3) is 2.91. The number of amides is 1. The number of para-hydroxylation sites is 1. The molecule has 1 amide bonds. The summed E-state index contributed by atoms with van der Waals surface area (Å²) in [4.78, 5) is 16.8. The number of carbonyl (C=O) groups is 1. The van der Waals surface area contributed by atoms with Gasteiger partial charge in [0, 0.05) is 0 Å². The van der Waals surface area contributed by atoms with E-state index in [9.17, 15) is 9.18 Å². The number of carbonyl (C=O) groups excluding carboxylic acids is 1. The first-order valence-electron chi connectivity index (χ1n) is 6.66. The van der Waals surface area contributed by atoms with Gasteiger partial charge >= 0.3 is 0 Å². The van der Waals surface area contributed by atoms with E-state index in [1.54, 1.807) is 36.4 Å². The summed E-state index contributed by atoms with van der Waals surface area (Å²) >= 11 is 7.22. The van der Waals surface area contributed by atoms with Crippen LogP contribution in [0.1, 0.15) is 10.4 Å². The zero-order valence-corrected chi connectivity index (χ0v) is 13.4. The number of aromatic nitrogens is 1. The van der Waals surface area contributed by atoms with Gasteiger partial charge in [0.15, 0.2) is 4.80 Å². The van der Waals surface area contributed by atoms with Gasteiger partial charge in [0.25, 0.3) is 5.91 Å². The molecule has 114 valence electrons. The molecule has 0 spiro atoms. The topological polar surface area (TPSA) is 34.4 Å². The van der Waals surface area contributed by atoms with Crippen molar-refractivity contribution in [3.63, 3.8) is 0 Å². The Morgan fingerprint density at radius 1 is 1.30 bits per heavy atom. The monoisotopic (exact) mass is 344 g/mol. The van der Waals surface area contributed by atoms with E-state index < -0.39 is 11.7 Å². The summed E-state index contributed by atoms with van der Waals surface area (Å²) in [5.74, 6) is 1.57. The second-order valence-corrected chi connectivity index (χ2v) is 6.07. The Kier molecular flexibility index (Phi) is 4.28. The first-order valence-corrected chi connectivity index (χ1v) is 7.86. The number of halogens is 2. The summed E-state index contributed by atoms with van der Waals surface area (Å²) in [5, 5.41) is 0.317. The van der Waals surface area contributed by atoms with Crippen molar-refractivity contribution in [2.24, 2.45) is 4.99 Å². The fraction of sp³-hybridized carbons (Fsp3) is 0.0588. The van der Waals surface area contributed by atoms with Crippen molar-refractivity contribution in [2.45, 2.75) is 6.54 Å². The van der Waals surface area contributed by atoms with Gasteiger partial charge in [0.2, 0.25) is 0 Å². The van der Waals surface area contributed by atoms with E-state index in [0.29, 0.717) is 25.6 Å². The Hall–Kier alpha value is -2.42. The molecule has 3 rings (SSSR count). The van der Waals surface area contributed by atoms with Gasteiger partial charge in [0.1, 0.15) is 5.82 Å². The minimum Gasteiger partial charge on any atom is -0.302 e. The number of hydrogen-bond acceptors (Lipinski definition) is 2. The second-order valence-electron chi connectivity index (χ2n) is 4.66. The molecule has 0 atom stereocenters. The number of hydrogen-bond donors (Lipinski definition) is 0. The van der Waals surface area contributed by atoms with Crippen molar-refractivity contribution in [1.29, 1.82) is 0 Å². The van der Waals surface area contributed by atoms with Crippen molar-refractivity contribution in [3.8, 4) is 12.3 Å². The minimum absolute atomic E-state index is 0.121. The molecule has 3 aromatic rings. The number of thiazole rings is 1. The Balaban J connectivity index is 2.22. The van der Waals surface area contributed by atoms with Crippen LogP contribution < -0.4 is 4.80 Å². The SMILES string of the molecule is C#CCn1c(=NC(=O)c2ccccc2Cl)sc2cccc(F)c21. The third-order valence-electron chi connectivity index (χ3n) is 3.20. The standard InChI is InChI=1S/C17H10ClFN2OS/c1-2-10-21-15-13(19)8-5-9-14(15)23-17(21)20-16(22)11-6-3-4-7-12(11)18/h1,3-9H,10H2. The Labute approximate surface area is 140 Å². The highest BCUT2D eigenvalue weighted by atomic mass is 35.5. The van der Waals surface area contributed by atoms with Crippen LogP contribution in [0.5, 0.6) is 0 Å². The first-order chi connectivity index (χ1) is 11.1. The third-order valence-corrected chi connectivity index (χ3v) is 4.58. The number of terminal acetylenes is 1. The lowest BCUT2D eigenvalue weighted by atomic mass is 10.2. The van der Waals surface area contributed by atoms with Crippen LogP contribution in [0.2, 0.25) is 5.02 Å². The zero-order valence-electron chi connectivity index (χ0n) is 11.8. The summed E-state index contributed by atoms with van der Waals surface area (Å²) in [7, 11) is 0. The summed E-state index contributed by atoms with van der Waals surface area (Å²) in [6, 6.07) is 11.4. The van der Waals surface area contributed by atoms with E-state index in [1.807, 2.05) is 0 Å². The van der Waals surface area contributed by atoms with Crippen LogP contribution in [0, 0.1) is 18.2 Å². The molecule has 0 radical (unpaired) electrons. The highest BCUT2D eigenvalue weighted by Gasteiger charge is 2.13. The first kappa shape index (κ1) is 15.5. The van der Waals surface area contributed by atoms with Gasteiger partial charge < -0.3 is 4.57 Å². The van der Waals surface area contributed by atoms with E-state index in [0.717, 1.165) is 0 Å². The molecule has 3 nitrogen and oxygen atoms in total. The van der Waals surface area contributed by atoms with E-state index >= 15 is 0 Å². The van der Waals surface area contributed by atoms with E-state index in [2.05, 4.69) is 10.9 Å². The Bertz CT molecular complexity index is 1010. The van der Waals surface area contributed by atoms with E-state index in [1.165, 1.54) is 22.0 Å². The molecule has 6 heteroatoms. The molecule has 0 saturated carbocycles. The number of benzene rings is 2. The van der Waals surface area contributed by atoms with E-state index in [-0.39, 0.29) is 6.54 Å². The second kappa shape index (κ2) is 6.37. The highest BCUT2D eigenvalue weighted by Crippen LogP contribution is 2.21. The molecule has 0 N–H and O–H groups in total. The van der Waals surface area contributed by atoms with Crippen LogP contribution >= 0.6 is 22.9 Å². The largest absolute Gasteiger partial charge is 0.302 e. The van der Waals surface area contributed by atoms with Crippen LogP contribution in [0.3, 0.4) is 0 Å². The Morgan fingerprint density at radius 3 is 2.83 bits per heavy atom. The minimum atomic E-state index is -0.492. The van der Waals surface area contributed by atoms with Gasteiger partial charge in [-0.2, -0.15) is 4.99 Å². The average molecular weight is 345 g/mol. The predicted octanol–water partition coefficient (Wildman–Crippen LogP) is 3.87. The van der Waals surface area contributed by atoms with Crippen LogP contribution in [-0.2, 0) is 6.54 Å². The number of nitrogens with zero attached hydrogens (tertiary/aromatic N) is 2. The smallest absolute Gasteiger partial charge is 0.281 e. The van der Waals surface area contributed by atoms with Crippen molar-refractivity contribution in [3.05, 3.63) is 63.7 Å². The van der Waals surface area contributed by atoms with Gasteiger partial charge in [0.05, 0.1) is 27.3 Å². The maximum Gasteiger partial charge on any atom is 0.281 e. The molecule has 1 aromatic heterocycles. The molecule has 23 heavy (non-hydrogen) atoms. The lowest BCUT2D eigenvalue weighted by molar-refractivity contribution is 0.0998. The van der Waals surface area contributed by atoms with Crippen molar-refractivity contribution < 1.29 is 9.18 Å². The zero-order chi connectivity index (χ0) is 16.4. The van der Waals surface area contributed by atoms with Gasteiger partial charge in [-0.15, -0.1) is 6.42 Å². The number of fused-ring (bicyclic) bond motifs is 1. The molecule has 0 aliphatic carbocycles. The quantitative estimate of drug-likeness (QED) is 0.650. The summed E-state index contributed by atoms with van der Waals surface area (Å²) in [6.07, 6.45) is 5.36. The van der Waals surface area contributed by atoms with Crippen molar-refractivity contribution in [1.82, 2.24) is 4.57 Å². The average Bonchev–Trinajstić information content (AvgIpc) is 2.87. The lowest BCUT2D eigenvalue weighted by Gasteiger charge is -2.01. The Morgan fingerprint density at radius 2 is 2.09 bits per heavy atom. The molecule has 2 aromatic carbocycles. The normalized spacial score (nSPS) is 11.6. The van der Waals surface area contributed by atoms with Crippen LogP contribution in [-0.4, -0.2) is 10.5 Å². The van der Waals surface area contributed by atoms with Crippen molar-refractivity contribution in [2.75, 3.05) is 0 Å². The maximum absolute atomic E-state index is 14.1. The van der Waals surface area contributed by atoms with Gasteiger partial charge in [-0.05, 0) is 24.3 Å². The van der Waals surface area contributed by atoms with E-state index in [4.69, 9.17) is 18.0 Å². The predicted molar refractivity (Wildman–Crippen MR) is 90.0 cm³/mol. The summed E-state index contributed by atoms with van der Waals surface area (Å²) < 4.78 is 16.3. The lowest BCUT2D eigenvalue weighted by Crippen LogP contribution is -2.17. The van der Waals surface area contributed by atoms with Gasteiger partial charge in [-0.25, -0.2) is 4.39 Å². The molecule has 1 heterocycles. The van der Waals surface area contributed by atoms with Crippen LogP contribution in [0.15, 0.2) is 47.5 Å². The van der Waals surface area contributed by atoms with Crippen LogP contribution in [0.25, 0.3) is 10.2 Å². The molecular formula is C17H10ClFN2OS. The fourth-order valence-corrected chi connectivity index (χ4v) is 3.45. The molecule has 0 unspecified atom stereocenters. The molecular weight excluding hydrogens is 335 g/mol. The van der Waals surface area contributed by atoms with Gasteiger partial charge in [-0.1, -0.05) is 47.1 Å². The summed E-state index contributed by atoms with van der Waals surface area (Å²) in [5.41, 5.74) is 0.639. The molecule has 0 saturated heterocycles. The van der Waals surface area contributed by atoms with Gasteiger partial charge in [-0.3, -0.25) is 4.79 Å². The molecule has 0 bridgehead atoms. The molecule has 0 aliphatic heterocycles. The molecule has 0 fully saturated rings. The maximum atomic E-state index is 14.1. The molecule has 0 aliphatic rings. The number of rotatable bonds is 2. The van der Waals surface area contributed by atoms with Crippen LogP contribution in [0.4, 0.5) is 4.39 Å². The highest BCUT2D eigenvalue weighted by molar-refractivity contribution is 7.16. The van der Waals surface area contributed by atoms with Crippen molar-refractivity contribution >= 4 is 39.1 Å². The fourth-order valence-electron chi connectivity index (χ4n) is 2.19. The summed E-state index contributed by atoms with van der Waals surface area (Å²) in [6.45, 7) is 0.121.